The fourth-order valence-electron chi connectivity index (χ4n) is 2.22. The second kappa shape index (κ2) is 5.47. The van der Waals surface area contributed by atoms with Gasteiger partial charge in [0.15, 0.2) is 0 Å². The highest BCUT2D eigenvalue weighted by molar-refractivity contribution is 5.79. The summed E-state index contributed by atoms with van der Waals surface area (Å²) < 4.78 is 5.32. The number of rotatable bonds is 3. The zero-order valence-electron chi connectivity index (χ0n) is 9.37. The summed E-state index contributed by atoms with van der Waals surface area (Å²) in [5.41, 5.74) is 0. The van der Waals surface area contributed by atoms with E-state index in [9.17, 15) is 0 Å². The Hall–Kier alpha value is -0.610. The van der Waals surface area contributed by atoms with E-state index in [2.05, 4.69) is 9.80 Å². The number of amidine groups is 1. The highest BCUT2D eigenvalue weighted by atomic mass is 16.5. The van der Waals surface area contributed by atoms with Crippen LogP contribution in [0, 0.1) is 5.41 Å². The molecular formula is C11H21N3O. The second-order valence-corrected chi connectivity index (χ2v) is 4.34. The Morgan fingerprint density at radius 1 is 1.07 bits per heavy atom. The average molecular weight is 211 g/mol. The van der Waals surface area contributed by atoms with Gasteiger partial charge in [-0.15, -0.1) is 0 Å². The minimum Gasteiger partial charge on any atom is -0.379 e. The number of nitrogens with zero attached hydrogens (tertiary/aromatic N) is 2. The lowest BCUT2D eigenvalue weighted by Crippen LogP contribution is -2.44. The van der Waals surface area contributed by atoms with Crippen LogP contribution < -0.4 is 0 Å². The molecule has 4 nitrogen and oxygen atoms in total. The molecule has 0 amide bonds. The average Bonchev–Trinajstić information content (AvgIpc) is 2.29. The van der Waals surface area contributed by atoms with Gasteiger partial charge in [0.05, 0.1) is 19.0 Å². The van der Waals surface area contributed by atoms with E-state index in [0.717, 1.165) is 58.2 Å². The lowest BCUT2D eigenvalue weighted by atomic mass is 10.1. The van der Waals surface area contributed by atoms with Crippen molar-refractivity contribution in [2.75, 3.05) is 45.9 Å². The molecule has 0 aromatic carbocycles. The third-order valence-electron chi connectivity index (χ3n) is 3.26. The summed E-state index contributed by atoms with van der Waals surface area (Å²) in [5, 5.41) is 7.85. The first-order valence-corrected chi connectivity index (χ1v) is 5.99. The number of hydrogen-bond acceptors (Lipinski definition) is 3. The lowest BCUT2D eigenvalue weighted by Gasteiger charge is -2.33. The topological polar surface area (TPSA) is 39.6 Å². The Balaban J connectivity index is 1.69. The van der Waals surface area contributed by atoms with E-state index in [1.807, 2.05) is 0 Å². The quantitative estimate of drug-likeness (QED) is 0.750. The van der Waals surface area contributed by atoms with Crippen molar-refractivity contribution >= 4 is 5.84 Å². The van der Waals surface area contributed by atoms with Gasteiger partial charge in [0.1, 0.15) is 0 Å². The molecule has 1 N–H and O–H groups in total. The zero-order chi connectivity index (χ0) is 10.5. The fraction of sp³-hybridized carbons (Fsp3) is 0.909. The maximum absolute atomic E-state index is 7.85. The van der Waals surface area contributed by atoms with Crippen molar-refractivity contribution in [3.05, 3.63) is 0 Å². The van der Waals surface area contributed by atoms with Gasteiger partial charge in [-0.2, -0.15) is 0 Å². The van der Waals surface area contributed by atoms with Crippen LogP contribution in [0.1, 0.15) is 19.3 Å². The van der Waals surface area contributed by atoms with Gasteiger partial charge < -0.3 is 9.64 Å². The minimum absolute atomic E-state index is 0.842. The molecular weight excluding hydrogens is 190 g/mol. The van der Waals surface area contributed by atoms with Crippen molar-refractivity contribution in [2.24, 2.45) is 0 Å². The summed E-state index contributed by atoms with van der Waals surface area (Å²) in [6.07, 6.45) is 3.43. The third-order valence-corrected chi connectivity index (χ3v) is 3.26. The van der Waals surface area contributed by atoms with E-state index in [4.69, 9.17) is 10.1 Å². The molecule has 0 atom stereocenters. The third kappa shape index (κ3) is 3.18. The smallest absolute Gasteiger partial charge is 0.0958 e. The van der Waals surface area contributed by atoms with E-state index < -0.39 is 0 Å². The van der Waals surface area contributed by atoms with Gasteiger partial charge >= 0.3 is 0 Å². The summed E-state index contributed by atoms with van der Waals surface area (Å²) in [6.45, 7) is 7.06. The highest BCUT2D eigenvalue weighted by Crippen LogP contribution is 2.10. The number of hydrogen-bond donors (Lipinski definition) is 1. The van der Waals surface area contributed by atoms with Gasteiger partial charge in [-0.25, -0.2) is 0 Å². The molecule has 0 aliphatic carbocycles. The Morgan fingerprint density at radius 2 is 1.87 bits per heavy atom. The molecule has 0 spiro atoms. The van der Waals surface area contributed by atoms with E-state index in [1.165, 1.54) is 12.8 Å². The summed E-state index contributed by atoms with van der Waals surface area (Å²) in [6, 6.07) is 0. The first-order chi connectivity index (χ1) is 7.36. The van der Waals surface area contributed by atoms with Crippen LogP contribution >= 0.6 is 0 Å². The standard InChI is InChI=1S/C11H21N3O/c12-11-3-1-2-4-14(11)6-5-13-7-9-15-10-8-13/h12H,1-10H2. The summed E-state index contributed by atoms with van der Waals surface area (Å²) >= 11 is 0. The Bertz CT molecular complexity index is 214. The molecule has 2 heterocycles. The van der Waals surface area contributed by atoms with Crippen LogP contribution in [0.5, 0.6) is 0 Å². The van der Waals surface area contributed by atoms with Crippen LogP contribution in [0.2, 0.25) is 0 Å². The Morgan fingerprint density at radius 3 is 2.60 bits per heavy atom. The lowest BCUT2D eigenvalue weighted by molar-refractivity contribution is 0.0356. The normalized spacial score (nSPS) is 24.5. The van der Waals surface area contributed by atoms with Crippen LogP contribution in [0.3, 0.4) is 0 Å². The Labute approximate surface area is 91.7 Å². The van der Waals surface area contributed by atoms with Crippen LogP contribution in [-0.4, -0.2) is 61.6 Å². The highest BCUT2D eigenvalue weighted by Gasteiger charge is 2.16. The van der Waals surface area contributed by atoms with Crippen molar-refractivity contribution in [3.8, 4) is 0 Å². The molecule has 0 radical (unpaired) electrons. The molecule has 86 valence electrons. The van der Waals surface area contributed by atoms with Crippen molar-refractivity contribution in [1.82, 2.24) is 9.80 Å². The summed E-state index contributed by atoms with van der Waals surface area (Å²) in [4.78, 5) is 4.67. The van der Waals surface area contributed by atoms with Crippen molar-refractivity contribution < 1.29 is 4.74 Å². The first-order valence-electron chi connectivity index (χ1n) is 5.99. The summed E-state index contributed by atoms with van der Waals surface area (Å²) in [7, 11) is 0. The molecule has 2 aliphatic heterocycles. The van der Waals surface area contributed by atoms with Gasteiger partial charge in [-0.3, -0.25) is 10.3 Å². The van der Waals surface area contributed by atoms with Crippen molar-refractivity contribution in [1.29, 1.82) is 5.41 Å². The van der Waals surface area contributed by atoms with Crippen LogP contribution in [0.25, 0.3) is 0 Å². The Kier molecular flexibility index (Phi) is 3.97. The van der Waals surface area contributed by atoms with Gasteiger partial charge in [0.25, 0.3) is 0 Å². The van der Waals surface area contributed by atoms with Gasteiger partial charge in [0.2, 0.25) is 0 Å². The summed E-state index contributed by atoms with van der Waals surface area (Å²) in [5.74, 6) is 0.842. The minimum atomic E-state index is 0.842. The van der Waals surface area contributed by atoms with Crippen LogP contribution in [-0.2, 0) is 4.74 Å². The molecule has 2 saturated heterocycles. The van der Waals surface area contributed by atoms with Crippen LogP contribution in [0.15, 0.2) is 0 Å². The van der Waals surface area contributed by atoms with Crippen molar-refractivity contribution in [2.45, 2.75) is 19.3 Å². The van der Waals surface area contributed by atoms with Gasteiger partial charge in [-0.05, 0) is 12.8 Å². The monoisotopic (exact) mass is 211 g/mol. The molecule has 15 heavy (non-hydrogen) atoms. The molecule has 0 bridgehead atoms. The number of nitrogens with one attached hydrogen (secondary N) is 1. The number of likely N-dealkylation sites (tertiary alicyclic amines) is 1. The molecule has 0 aromatic rings. The fourth-order valence-corrected chi connectivity index (χ4v) is 2.22. The molecule has 2 rings (SSSR count). The maximum atomic E-state index is 7.85. The number of morpholine rings is 1. The first kappa shape index (κ1) is 10.9. The predicted octanol–water partition coefficient (Wildman–Crippen LogP) is 0.782. The molecule has 2 aliphatic rings. The maximum Gasteiger partial charge on any atom is 0.0958 e. The van der Waals surface area contributed by atoms with E-state index in [0.29, 0.717) is 0 Å². The molecule has 0 saturated carbocycles. The second-order valence-electron chi connectivity index (χ2n) is 4.34. The van der Waals surface area contributed by atoms with Crippen molar-refractivity contribution in [3.63, 3.8) is 0 Å². The number of piperidine rings is 1. The SMILES string of the molecule is N=C1CCCCN1CCN1CCOCC1. The molecule has 4 heteroatoms. The number of ether oxygens (including phenoxy) is 1. The largest absolute Gasteiger partial charge is 0.379 e. The van der Waals surface area contributed by atoms with Gasteiger partial charge in [0, 0.05) is 39.1 Å². The zero-order valence-corrected chi connectivity index (χ0v) is 9.37. The van der Waals surface area contributed by atoms with E-state index in [1.54, 1.807) is 0 Å². The molecule has 2 fully saturated rings. The molecule has 0 aromatic heterocycles. The van der Waals surface area contributed by atoms with Gasteiger partial charge in [-0.1, -0.05) is 0 Å². The van der Waals surface area contributed by atoms with E-state index >= 15 is 0 Å². The van der Waals surface area contributed by atoms with E-state index in [-0.39, 0.29) is 0 Å². The molecule has 0 unspecified atom stereocenters. The predicted molar refractivity (Wildman–Crippen MR) is 60.4 cm³/mol. The van der Waals surface area contributed by atoms with Crippen LogP contribution in [0.4, 0.5) is 0 Å².